The van der Waals surface area contributed by atoms with E-state index >= 15 is 0 Å². The van der Waals surface area contributed by atoms with Crippen molar-refractivity contribution in [3.8, 4) is 5.75 Å². The Balaban J connectivity index is 2.39. The van der Waals surface area contributed by atoms with Crippen molar-refractivity contribution in [3.63, 3.8) is 0 Å². The van der Waals surface area contributed by atoms with Gasteiger partial charge in [0.05, 0.1) is 13.1 Å². The first-order valence-corrected chi connectivity index (χ1v) is 6.25. The van der Waals surface area contributed by atoms with E-state index in [1.54, 1.807) is 0 Å². The summed E-state index contributed by atoms with van der Waals surface area (Å²) in [5, 5.41) is 21.1. The molecule has 0 aromatic carbocycles. The zero-order chi connectivity index (χ0) is 13.5. The highest BCUT2D eigenvalue weighted by molar-refractivity contribution is 7.08. The van der Waals surface area contributed by atoms with Gasteiger partial charge in [-0.25, -0.2) is 0 Å². The molecule has 0 saturated carbocycles. The Morgan fingerprint density at radius 1 is 1.28 bits per heavy atom. The first kappa shape index (κ1) is 14.5. The van der Waals surface area contributed by atoms with Crippen LogP contribution in [0.25, 0.3) is 0 Å². The number of hydrogen-bond acceptors (Lipinski definition) is 5. The summed E-state index contributed by atoms with van der Waals surface area (Å²) >= 11 is 1.52. The van der Waals surface area contributed by atoms with Gasteiger partial charge in [0.1, 0.15) is 12.4 Å². The Hall–Kier alpha value is -1.60. The number of hydrogen-bond donors (Lipinski definition) is 2. The molecule has 0 spiro atoms. The second-order valence-electron chi connectivity index (χ2n) is 3.77. The van der Waals surface area contributed by atoms with Crippen LogP contribution in [0.3, 0.4) is 0 Å². The van der Waals surface area contributed by atoms with Gasteiger partial charge < -0.3 is 14.9 Å². The lowest BCUT2D eigenvalue weighted by atomic mass is 10.4. The summed E-state index contributed by atoms with van der Waals surface area (Å²) in [5.74, 6) is -1.35. The molecule has 1 aromatic rings. The monoisotopic (exact) mass is 273 g/mol. The summed E-state index contributed by atoms with van der Waals surface area (Å²) in [4.78, 5) is 22.4. The molecule has 100 valence electrons. The van der Waals surface area contributed by atoms with Crippen molar-refractivity contribution in [3.05, 3.63) is 16.3 Å². The second kappa shape index (κ2) is 6.97. The van der Waals surface area contributed by atoms with E-state index < -0.39 is 11.9 Å². The summed E-state index contributed by atoms with van der Waals surface area (Å²) in [6.07, 6.45) is 0. The van der Waals surface area contributed by atoms with Gasteiger partial charge in [0, 0.05) is 17.5 Å². The van der Waals surface area contributed by atoms with Gasteiger partial charge in [0.25, 0.3) is 0 Å². The van der Waals surface area contributed by atoms with Crippen molar-refractivity contribution in [2.45, 2.75) is 6.92 Å². The maximum Gasteiger partial charge on any atom is 0.317 e. The van der Waals surface area contributed by atoms with Crippen molar-refractivity contribution in [2.75, 3.05) is 26.2 Å². The molecular formula is C11H15NO5S. The normalized spacial score (nSPS) is 10.6. The number of aryl methyl sites for hydroxylation is 1. The standard InChI is InChI=1S/C11H15NO5S/c1-8-6-18-7-9(8)17-3-2-12(4-10(13)14)5-11(15)16/h6-7H,2-5H2,1H3,(H,13,14)(H,15,16). The van der Waals surface area contributed by atoms with Gasteiger partial charge in [-0.2, -0.15) is 0 Å². The van der Waals surface area contributed by atoms with E-state index in [0.717, 1.165) is 11.3 Å². The largest absolute Gasteiger partial charge is 0.491 e. The van der Waals surface area contributed by atoms with E-state index in [-0.39, 0.29) is 26.2 Å². The molecule has 0 amide bonds. The molecule has 18 heavy (non-hydrogen) atoms. The minimum atomic E-state index is -1.05. The fourth-order valence-electron chi connectivity index (χ4n) is 1.38. The zero-order valence-corrected chi connectivity index (χ0v) is 10.8. The summed E-state index contributed by atoms with van der Waals surface area (Å²) in [5.41, 5.74) is 1.02. The minimum absolute atomic E-state index is 0.258. The fourth-order valence-corrected chi connectivity index (χ4v) is 2.14. The molecule has 6 nitrogen and oxygen atoms in total. The SMILES string of the molecule is Cc1cscc1OCCN(CC(=O)O)CC(=O)O. The first-order valence-electron chi connectivity index (χ1n) is 5.30. The molecule has 0 fully saturated rings. The summed E-state index contributed by atoms with van der Waals surface area (Å²) in [6.45, 7) is 1.82. The van der Waals surface area contributed by atoms with Crippen molar-refractivity contribution in [1.82, 2.24) is 4.90 Å². The van der Waals surface area contributed by atoms with E-state index in [1.165, 1.54) is 16.2 Å². The summed E-state index contributed by atoms with van der Waals surface area (Å²) < 4.78 is 5.45. The number of rotatable bonds is 8. The second-order valence-corrected chi connectivity index (χ2v) is 4.51. The lowest BCUT2D eigenvalue weighted by Crippen LogP contribution is -2.37. The number of ether oxygens (including phenoxy) is 1. The summed E-state index contributed by atoms with van der Waals surface area (Å²) in [6, 6.07) is 0. The molecule has 0 aliphatic carbocycles. The Bertz CT molecular complexity index is 401. The number of thiophene rings is 1. The van der Waals surface area contributed by atoms with E-state index in [2.05, 4.69) is 0 Å². The van der Waals surface area contributed by atoms with Gasteiger partial charge in [-0.3, -0.25) is 14.5 Å². The smallest absolute Gasteiger partial charge is 0.317 e. The van der Waals surface area contributed by atoms with E-state index in [4.69, 9.17) is 14.9 Å². The van der Waals surface area contributed by atoms with Crippen LogP contribution in [-0.2, 0) is 9.59 Å². The van der Waals surface area contributed by atoms with Gasteiger partial charge >= 0.3 is 11.9 Å². The molecule has 0 atom stereocenters. The third kappa shape index (κ3) is 5.15. The molecule has 1 heterocycles. The van der Waals surface area contributed by atoms with Crippen LogP contribution in [0.4, 0.5) is 0 Å². The average Bonchev–Trinajstić information content (AvgIpc) is 2.62. The van der Waals surface area contributed by atoms with Crippen molar-refractivity contribution in [2.24, 2.45) is 0 Å². The molecule has 1 rings (SSSR count). The maximum atomic E-state index is 10.6. The highest BCUT2D eigenvalue weighted by Crippen LogP contribution is 2.21. The van der Waals surface area contributed by atoms with Crippen LogP contribution in [0.1, 0.15) is 5.56 Å². The highest BCUT2D eigenvalue weighted by Gasteiger charge is 2.13. The van der Waals surface area contributed by atoms with Crippen LogP contribution in [0, 0.1) is 6.92 Å². The van der Waals surface area contributed by atoms with Crippen LogP contribution in [0.15, 0.2) is 10.8 Å². The lowest BCUT2D eigenvalue weighted by Gasteiger charge is -2.17. The molecular weight excluding hydrogens is 258 g/mol. The van der Waals surface area contributed by atoms with Crippen LogP contribution >= 0.6 is 11.3 Å². The maximum absolute atomic E-state index is 10.6. The zero-order valence-electron chi connectivity index (χ0n) is 9.96. The first-order chi connectivity index (χ1) is 8.49. The molecule has 0 aliphatic rings. The van der Waals surface area contributed by atoms with Gasteiger partial charge in [-0.15, -0.1) is 11.3 Å². The molecule has 0 saturated heterocycles. The van der Waals surface area contributed by atoms with Crippen LogP contribution in [-0.4, -0.2) is 53.3 Å². The number of carbonyl (C=O) groups is 2. The lowest BCUT2D eigenvalue weighted by molar-refractivity contribution is -0.141. The summed E-state index contributed by atoms with van der Waals surface area (Å²) in [7, 11) is 0. The van der Waals surface area contributed by atoms with Crippen LogP contribution in [0.5, 0.6) is 5.75 Å². The minimum Gasteiger partial charge on any atom is -0.491 e. The third-order valence-electron chi connectivity index (χ3n) is 2.19. The number of carboxylic acid groups (broad SMARTS) is 2. The van der Waals surface area contributed by atoms with Gasteiger partial charge in [-0.05, 0) is 12.3 Å². The van der Waals surface area contributed by atoms with Gasteiger partial charge in [0.2, 0.25) is 0 Å². The van der Waals surface area contributed by atoms with E-state index in [0.29, 0.717) is 0 Å². The predicted molar refractivity (Wildman–Crippen MR) is 66.3 cm³/mol. The Kier molecular flexibility index (Phi) is 5.60. The molecule has 0 unspecified atom stereocenters. The third-order valence-corrected chi connectivity index (χ3v) is 3.03. The molecule has 0 bridgehead atoms. The number of nitrogens with zero attached hydrogens (tertiary/aromatic N) is 1. The van der Waals surface area contributed by atoms with E-state index in [1.807, 2.05) is 17.7 Å². The quantitative estimate of drug-likeness (QED) is 0.732. The van der Waals surface area contributed by atoms with Crippen molar-refractivity contribution in [1.29, 1.82) is 0 Å². The molecule has 2 N–H and O–H groups in total. The van der Waals surface area contributed by atoms with Crippen molar-refractivity contribution < 1.29 is 24.5 Å². The predicted octanol–water partition coefficient (Wildman–Crippen LogP) is 0.907. The van der Waals surface area contributed by atoms with E-state index in [9.17, 15) is 9.59 Å². The number of carboxylic acids is 2. The van der Waals surface area contributed by atoms with Gasteiger partial charge in [0.15, 0.2) is 0 Å². The fraction of sp³-hybridized carbons (Fsp3) is 0.455. The van der Waals surface area contributed by atoms with Crippen LogP contribution in [0.2, 0.25) is 0 Å². The topological polar surface area (TPSA) is 87.1 Å². The highest BCUT2D eigenvalue weighted by atomic mass is 32.1. The molecule has 0 aliphatic heterocycles. The molecule has 1 aromatic heterocycles. The Morgan fingerprint density at radius 3 is 2.33 bits per heavy atom. The Morgan fingerprint density at radius 2 is 1.89 bits per heavy atom. The number of aliphatic carboxylic acids is 2. The van der Waals surface area contributed by atoms with Crippen molar-refractivity contribution >= 4 is 23.3 Å². The van der Waals surface area contributed by atoms with Crippen LogP contribution < -0.4 is 4.74 Å². The average molecular weight is 273 g/mol. The molecule has 7 heteroatoms. The van der Waals surface area contributed by atoms with Gasteiger partial charge in [-0.1, -0.05) is 0 Å². The molecule has 0 radical (unpaired) electrons. The Labute approximate surface area is 108 Å².